The van der Waals surface area contributed by atoms with Crippen molar-refractivity contribution in [3.8, 4) is 17.0 Å². The van der Waals surface area contributed by atoms with Gasteiger partial charge in [0.25, 0.3) is 5.91 Å². The zero-order valence-corrected chi connectivity index (χ0v) is 16.7. The number of ether oxygens (including phenoxy) is 1. The molecule has 0 atom stereocenters. The number of aromatic nitrogens is 3. The highest BCUT2D eigenvalue weighted by Gasteiger charge is 2.18. The number of hydrogen-bond donors (Lipinski definition) is 1. The lowest BCUT2D eigenvalue weighted by molar-refractivity contribution is 0.0784. The van der Waals surface area contributed by atoms with Gasteiger partial charge in [0.1, 0.15) is 17.3 Å². The summed E-state index contributed by atoms with van der Waals surface area (Å²) in [5.74, 6) is -0.103. The molecule has 0 spiro atoms. The average Bonchev–Trinajstić information content (AvgIpc) is 3.23. The molecular formula is C23H21FN4O2. The van der Waals surface area contributed by atoms with E-state index in [1.165, 1.54) is 18.3 Å². The molecule has 0 saturated heterocycles. The second-order valence-corrected chi connectivity index (χ2v) is 6.93. The highest BCUT2D eigenvalue weighted by Crippen LogP contribution is 2.29. The molecule has 0 aliphatic rings. The molecule has 152 valence electrons. The monoisotopic (exact) mass is 404 g/mol. The Labute approximate surface area is 173 Å². The van der Waals surface area contributed by atoms with Crippen molar-refractivity contribution in [1.29, 1.82) is 0 Å². The highest BCUT2D eigenvalue weighted by atomic mass is 19.1. The fourth-order valence-electron chi connectivity index (χ4n) is 3.39. The Bertz CT molecular complexity index is 1200. The van der Waals surface area contributed by atoms with Gasteiger partial charge in [-0.1, -0.05) is 30.3 Å². The lowest BCUT2D eigenvalue weighted by atomic mass is 10.1. The van der Waals surface area contributed by atoms with Crippen molar-refractivity contribution < 1.29 is 13.9 Å². The third-order valence-corrected chi connectivity index (χ3v) is 4.81. The van der Waals surface area contributed by atoms with E-state index in [1.807, 2.05) is 25.1 Å². The first-order chi connectivity index (χ1) is 14.6. The van der Waals surface area contributed by atoms with Crippen molar-refractivity contribution >= 4 is 16.8 Å². The normalized spacial score (nSPS) is 10.9. The van der Waals surface area contributed by atoms with Crippen molar-refractivity contribution in [1.82, 2.24) is 20.1 Å². The number of aromatic amines is 1. The molecule has 4 aromatic rings. The summed E-state index contributed by atoms with van der Waals surface area (Å²) in [7, 11) is 1.73. The minimum absolute atomic E-state index is 0.189. The summed E-state index contributed by atoms with van der Waals surface area (Å²) in [6, 6.07) is 13.7. The number of pyridine rings is 1. The molecule has 2 aromatic heterocycles. The Balaban J connectivity index is 1.62. The maximum Gasteiger partial charge on any atom is 0.255 e. The molecule has 4 rings (SSSR count). The van der Waals surface area contributed by atoms with E-state index in [4.69, 9.17) is 4.74 Å². The van der Waals surface area contributed by atoms with Crippen molar-refractivity contribution in [2.75, 3.05) is 13.7 Å². The number of rotatable bonds is 6. The van der Waals surface area contributed by atoms with Crippen LogP contribution in [-0.4, -0.2) is 39.6 Å². The van der Waals surface area contributed by atoms with Gasteiger partial charge in [0.05, 0.1) is 23.9 Å². The molecule has 7 heteroatoms. The van der Waals surface area contributed by atoms with Crippen LogP contribution >= 0.6 is 0 Å². The lowest BCUT2D eigenvalue weighted by Crippen LogP contribution is -2.26. The van der Waals surface area contributed by atoms with Gasteiger partial charge < -0.3 is 9.64 Å². The zero-order valence-electron chi connectivity index (χ0n) is 16.7. The number of benzene rings is 2. The van der Waals surface area contributed by atoms with E-state index < -0.39 is 0 Å². The first-order valence-corrected chi connectivity index (χ1v) is 9.62. The minimum Gasteiger partial charge on any atom is -0.492 e. The highest BCUT2D eigenvalue weighted by molar-refractivity contribution is 5.95. The molecule has 1 N–H and O–H groups in total. The van der Waals surface area contributed by atoms with E-state index in [2.05, 4.69) is 15.2 Å². The van der Waals surface area contributed by atoms with Crippen molar-refractivity contribution in [3.05, 3.63) is 77.9 Å². The number of carbonyl (C=O) groups excluding carboxylic acids is 1. The molecule has 0 aliphatic heterocycles. The summed E-state index contributed by atoms with van der Waals surface area (Å²) >= 11 is 0. The van der Waals surface area contributed by atoms with Crippen molar-refractivity contribution in [2.24, 2.45) is 0 Å². The van der Waals surface area contributed by atoms with Gasteiger partial charge in [0.15, 0.2) is 0 Å². The molecule has 0 bridgehead atoms. The quantitative estimate of drug-likeness (QED) is 0.516. The fraction of sp³-hybridized carbons (Fsp3) is 0.174. The Morgan fingerprint density at radius 3 is 2.80 bits per heavy atom. The average molecular weight is 404 g/mol. The minimum atomic E-state index is -0.357. The SMILES string of the molecule is CCOc1cc(C(=O)N(C)Cc2cccc3cn[nH]c23)cnc1-c1cccc(F)c1. The molecule has 0 fully saturated rings. The van der Waals surface area contributed by atoms with Crippen LogP contribution < -0.4 is 4.74 Å². The van der Waals surface area contributed by atoms with E-state index in [1.54, 1.807) is 36.3 Å². The number of hydrogen-bond acceptors (Lipinski definition) is 4. The van der Waals surface area contributed by atoms with Crippen LogP contribution in [0.5, 0.6) is 5.75 Å². The Morgan fingerprint density at radius 2 is 2.00 bits per heavy atom. The van der Waals surface area contributed by atoms with Crippen molar-refractivity contribution in [3.63, 3.8) is 0 Å². The molecule has 2 aromatic carbocycles. The van der Waals surface area contributed by atoms with Gasteiger partial charge in [-0.25, -0.2) is 4.39 Å². The van der Waals surface area contributed by atoms with Crippen LogP contribution in [0.15, 0.2) is 60.9 Å². The third-order valence-electron chi connectivity index (χ3n) is 4.81. The number of para-hydroxylation sites is 1. The molecule has 0 unspecified atom stereocenters. The third kappa shape index (κ3) is 3.87. The van der Waals surface area contributed by atoms with Crippen LogP contribution in [0.4, 0.5) is 4.39 Å². The second-order valence-electron chi connectivity index (χ2n) is 6.93. The van der Waals surface area contributed by atoms with Gasteiger partial charge >= 0.3 is 0 Å². The molecular weight excluding hydrogens is 383 g/mol. The number of nitrogens with one attached hydrogen (secondary N) is 1. The number of nitrogens with zero attached hydrogens (tertiary/aromatic N) is 3. The van der Waals surface area contributed by atoms with E-state index in [0.29, 0.717) is 35.7 Å². The summed E-state index contributed by atoms with van der Waals surface area (Å²) in [6.45, 7) is 2.66. The maximum absolute atomic E-state index is 13.6. The molecule has 2 heterocycles. The standard InChI is InChI=1S/C23H21FN4O2/c1-3-30-20-11-18(12-25-22(20)15-6-5-9-19(24)10-15)23(29)28(2)14-17-8-4-7-16-13-26-27-21(16)17/h4-13H,3,14H2,1-2H3,(H,26,27). The Kier molecular flexibility index (Phi) is 5.43. The molecule has 0 radical (unpaired) electrons. The predicted octanol–water partition coefficient (Wildman–Crippen LogP) is 4.43. The van der Waals surface area contributed by atoms with Crippen LogP contribution in [0, 0.1) is 5.82 Å². The van der Waals surface area contributed by atoms with E-state index in [9.17, 15) is 9.18 Å². The summed E-state index contributed by atoms with van der Waals surface area (Å²) in [5, 5.41) is 8.04. The van der Waals surface area contributed by atoms with Gasteiger partial charge in [-0.3, -0.25) is 14.9 Å². The lowest BCUT2D eigenvalue weighted by Gasteiger charge is -2.19. The van der Waals surface area contributed by atoms with Crippen LogP contribution in [-0.2, 0) is 6.54 Å². The van der Waals surface area contributed by atoms with Gasteiger partial charge in [-0.2, -0.15) is 5.10 Å². The summed E-state index contributed by atoms with van der Waals surface area (Å²) in [5.41, 5.74) is 3.37. The maximum atomic E-state index is 13.6. The van der Waals surface area contributed by atoms with Crippen LogP contribution in [0.2, 0.25) is 0 Å². The van der Waals surface area contributed by atoms with Gasteiger partial charge in [0, 0.05) is 30.7 Å². The number of fused-ring (bicyclic) bond motifs is 1. The van der Waals surface area contributed by atoms with Gasteiger partial charge in [0.2, 0.25) is 0 Å². The van der Waals surface area contributed by atoms with Gasteiger partial charge in [-0.15, -0.1) is 0 Å². The number of amides is 1. The van der Waals surface area contributed by atoms with E-state index >= 15 is 0 Å². The van der Waals surface area contributed by atoms with Crippen molar-refractivity contribution in [2.45, 2.75) is 13.5 Å². The number of H-pyrrole nitrogens is 1. The van der Waals surface area contributed by atoms with Gasteiger partial charge in [-0.05, 0) is 30.7 Å². The Hall–Kier alpha value is -3.74. The zero-order chi connectivity index (χ0) is 21.1. The smallest absolute Gasteiger partial charge is 0.255 e. The first-order valence-electron chi connectivity index (χ1n) is 9.62. The molecule has 6 nitrogen and oxygen atoms in total. The Morgan fingerprint density at radius 1 is 1.17 bits per heavy atom. The topological polar surface area (TPSA) is 71.1 Å². The largest absolute Gasteiger partial charge is 0.492 e. The molecule has 0 saturated carbocycles. The fourth-order valence-corrected chi connectivity index (χ4v) is 3.39. The predicted molar refractivity (Wildman–Crippen MR) is 113 cm³/mol. The van der Waals surface area contributed by atoms with E-state index in [0.717, 1.165) is 16.5 Å². The summed E-state index contributed by atoms with van der Waals surface area (Å²) in [4.78, 5) is 19.0. The summed E-state index contributed by atoms with van der Waals surface area (Å²) in [6.07, 6.45) is 3.25. The van der Waals surface area contributed by atoms with Crippen LogP contribution in [0.1, 0.15) is 22.8 Å². The summed E-state index contributed by atoms with van der Waals surface area (Å²) < 4.78 is 19.3. The number of carbonyl (C=O) groups is 1. The van der Waals surface area contributed by atoms with Crippen LogP contribution in [0.3, 0.4) is 0 Å². The number of halogens is 1. The van der Waals surface area contributed by atoms with E-state index in [-0.39, 0.29) is 11.7 Å². The first kappa shape index (κ1) is 19.6. The molecule has 0 aliphatic carbocycles. The van der Waals surface area contributed by atoms with Crippen LogP contribution in [0.25, 0.3) is 22.2 Å². The second kappa shape index (κ2) is 8.32. The molecule has 30 heavy (non-hydrogen) atoms. The molecule has 1 amide bonds.